The molecule has 2 rings (SSSR count). The van der Waals surface area contributed by atoms with E-state index in [0.717, 1.165) is 32.6 Å². The van der Waals surface area contributed by atoms with Crippen LogP contribution in [0.25, 0.3) is 0 Å². The second-order valence-corrected chi connectivity index (χ2v) is 6.36. The van der Waals surface area contributed by atoms with E-state index in [1.165, 1.54) is 51.6 Å². The molecule has 4 heteroatoms. The Morgan fingerprint density at radius 1 is 1.15 bits per heavy atom. The van der Waals surface area contributed by atoms with Crippen LogP contribution in [0.3, 0.4) is 0 Å². The summed E-state index contributed by atoms with van der Waals surface area (Å²) in [5, 5.41) is 6.50. The maximum Gasteiger partial charge on any atom is 0.220 e. The Balaban J connectivity index is 1.50. The van der Waals surface area contributed by atoms with Gasteiger partial charge in [0, 0.05) is 19.5 Å². The summed E-state index contributed by atoms with van der Waals surface area (Å²) in [4.78, 5) is 14.3. The summed E-state index contributed by atoms with van der Waals surface area (Å²) in [5.41, 5.74) is 0. The standard InChI is InChI=1S/C16H31N3O/c20-16(8-7-15-6-5-9-17-14-15)18-10-13-19-11-3-1-2-4-12-19/h15,17H,1-14H2,(H,18,20). The van der Waals surface area contributed by atoms with Crippen LogP contribution < -0.4 is 10.6 Å². The van der Waals surface area contributed by atoms with E-state index in [2.05, 4.69) is 15.5 Å². The molecule has 4 nitrogen and oxygen atoms in total. The summed E-state index contributed by atoms with van der Waals surface area (Å²) in [6, 6.07) is 0. The first kappa shape index (κ1) is 15.8. The summed E-state index contributed by atoms with van der Waals surface area (Å²) in [5.74, 6) is 0.950. The van der Waals surface area contributed by atoms with E-state index in [0.29, 0.717) is 12.3 Å². The molecule has 0 aliphatic carbocycles. The second-order valence-electron chi connectivity index (χ2n) is 6.36. The molecule has 1 atom stereocenters. The second kappa shape index (κ2) is 9.35. The lowest BCUT2D eigenvalue weighted by molar-refractivity contribution is -0.121. The Morgan fingerprint density at radius 2 is 1.95 bits per heavy atom. The van der Waals surface area contributed by atoms with Gasteiger partial charge in [0.1, 0.15) is 0 Å². The average molecular weight is 281 g/mol. The maximum atomic E-state index is 11.8. The lowest BCUT2D eigenvalue weighted by Crippen LogP contribution is -2.36. The summed E-state index contributed by atoms with van der Waals surface area (Å²) in [6.07, 6.45) is 9.69. The molecule has 2 aliphatic rings. The molecule has 0 radical (unpaired) electrons. The van der Waals surface area contributed by atoms with Gasteiger partial charge in [-0.3, -0.25) is 4.79 Å². The molecule has 0 aromatic heterocycles. The highest BCUT2D eigenvalue weighted by Gasteiger charge is 2.14. The van der Waals surface area contributed by atoms with Crippen LogP contribution in [-0.2, 0) is 4.79 Å². The third kappa shape index (κ3) is 6.23. The number of rotatable bonds is 6. The van der Waals surface area contributed by atoms with Crippen molar-refractivity contribution in [3.8, 4) is 0 Å². The third-order valence-corrected chi connectivity index (χ3v) is 4.63. The van der Waals surface area contributed by atoms with Crippen molar-refractivity contribution in [2.45, 2.75) is 51.4 Å². The van der Waals surface area contributed by atoms with E-state index in [1.807, 2.05) is 0 Å². The molecule has 2 aliphatic heterocycles. The number of carbonyl (C=O) groups excluding carboxylic acids is 1. The molecular weight excluding hydrogens is 250 g/mol. The topological polar surface area (TPSA) is 44.4 Å². The predicted octanol–water partition coefficient (Wildman–Crippen LogP) is 1.76. The maximum absolute atomic E-state index is 11.8. The van der Waals surface area contributed by atoms with Crippen molar-refractivity contribution >= 4 is 5.91 Å². The molecule has 0 aromatic carbocycles. The van der Waals surface area contributed by atoms with E-state index in [-0.39, 0.29) is 5.91 Å². The number of amides is 1. The molecular formula is C16H31N3O. The Morgan fingerprint density at radius 3 is 2.65 bits per heavy atom. The van der Waals surface area contributed by atoms with Crippen LogP contribution in [0.2, 0.25) is 0 Å². The number of nitrogens with zero attached hydrogens (tertiary/aromatic N) is 1. The summed E-state index contributed by atoms with van der Waals surface area (Å²) >= 11 is 0. The van der Waals surface area contributed by atoms with E-state index in [1.54, 1.807) is 0 Å². The Bertz CT molecular complexity index is 269. The van der Waals surface area contributed by atoms with Crippen LogP contribution in [0.15, 0.2) is 0 Å². The highest BCUT2D eigenvalue weighted by Crippen LogP contribution is 2.15. The van der Waals surface area contributed by atoms with Crippen molar-refractivity contribution in [3.05, 3.63) is 0 Å². The zero-order valence-electron chi connectivity index (χ0n) is 12.8. The van der Waals surface area contributed by atoms with Crippen molar-refractivity contribution in [2.75, 3.05) is 39.3 Å². The lowest BCUT2D eigenvalue weighted by atomic mass is 9.94. The van der Waals surface area contributed by atoms with Gasteiger partial charge >= 0.3 is 0 Å². The summed E-state index contributed by atoms with van der Waals surface area (Å²) in [7, 11) is 0. The number of likely N-dealkylation sites (tertiary alicyclic amines) is 1. The van der Waals surface area contributed by atoms with E-state index in [9.17, 15) is 4.79 Å². The Hall–Kier alpha value is -0.610. The lowest BCUT2D eigenvalue weighted by Gasteiger charge is -2.22. The van der Waals surface area contributed by atoms with Crippen molar-refractivity contribution in [3.63, 3.8) is 0 Å². The minimum absolute atomic E-state index is 0.241. The summed E-state index contributed by atoms with van der Waals surface area (Å²) in [6.45, 7) is 6.52. The van der Waals surface area contributed by atoms with Gasteiger partial charge < -0.3 is 15.5 Å². The number of piperidine rings is 1. The van der Waals surface area contributed by atoms with Crippen LogP contribution in [0.5, 0.6) is 0 Å². The largest absolute Gasteiger partial charge is 0.355 e. The molecule has 1 unspecified atom stereocenters. The predicted molar refractivity (Wildman–Crippen MR) is 82.7 cm³/mol. The normalized spacial score (nSPS) is 25.1. The minimum atomic E-state index is 0.241. The number of hydrogen-bond acceptors (Lipinski definition) is 3. The van der Waals surface area contributed by atoms with Gasteiger partial charge in [0.25, 0.3) is 0 Å². The highest BCUT2D eigenvalue weighted by molar-refractivity contribution is 5.75. The minimum Gasteiger partial charge on any atom is -0.355 e. The monoisotopic (exact) mass is 281 g/mol. The van der Waals surface area contributed by atoms with Crippen LogP contribution in [-0.4, -0.2) is 50.1 Å². The van der Waals surface area contributed by atoms with Gasteiger partial charge in [0.2, 0.25) is 5.91 Å². The van der Waals surface area contributed by atoms with Gasteiger partial charge in [-0.15, -0.1) is 0 Å². The molecule has 20 heavy (non-hydrogen) atoms. The Kier molecular flexibility index (Phi) is 7.37. The fourth-order valence-electron chi connectivity index (χ4n) is 3.31. The molecule has 116 valence electrons. The Labute approximate surface area is 123 Å². The first-order valence-corrected chi connectivity index (χ1v) is 8.54. The van der Waals surface area contributed by atoms with Gasteiger partial charge in [-0.25, -0.2) is 0 Å². The van der Waals surface area contributed by atoms with Gasteiger partial charge in [0.15, 0.2) is 0 Å². The SMILES string of the molecule is O=C(CCC1CCCNC1)NCCN1CCCCCC1. The fourth-order valence-corrected chi connectivity index (χ4v) is 3.31. The van der Waals surface area contributed by atoms with Crippen molar-refractivity contribution in [1.82, 2.24) is 15.5 Å². The molecule has 1 amide bonds. The van der Waals surface area contributed by atoms with Gasteiger partial charge in [-0.2, -0.15) is 0 Å². The highest BCUT2D eigenvalue weighted by atomic mass is 16.1. The van der Waals surface area contributed by atoms with E-state index >= 15 is 0 Å². The average Bonchev–Trinajstić information content (AvgIpc) is 2.75. The first-order chi connectivity index (χ1) is 9.84. The molecule has 2 N–H and O–H groups in total. The van der Waals surface area contributed by atoms with Crippen LogP contribution in [0.4, 0.5) is 0 Å². The van der Waals surface area contributed by atoms with Crippen LogP contribution >= 0.6 is 0 Å². The van der Waals surface area contributed by atoms with E-state index in [4.69, 9.17) is 0 Å². The number of hydrogen-bond donors (Lipinski definition) is 2. The molecule has 2 fully saturated rings. The van der Waals surface area contributed by atoms with Gasteiger partial charge in [-0.1, -0.05) is 12.8 Å². The fraction of sp³-hybridized carbons (Fsp3) is 0.938. The van der Waals surface area contributed by atoms with Gasteiger partial charge in [-0.05, 0) is 64.2 Å². The van der Waals surface area contributed by atoms with Crippen molar-refractivity contribution < 1.29 is 4.79 Å². The molecule has 2 saturated heterocycles. The molecule has 0 saturated carbocycles. The smallest absolute Gasteiger partial charge is 0.220 e. The first-order valence-electron chi connectivity index (χ1n) is 8.54. The van der Waals surface area contributed by atoms with Crippen molar-refractivity contribution in [2.24, 2.45) is 5.92 Å². The van der Waals surface area contributed by atoms with Crippen LogP contribution in [0.1, 0.15) is 51.4 Å². The zero-order chi connectivity index (χ0) is 14.0. The quantitative estimate of drug-likeness (QED) is 0.780. The summed E-state index contributed by atoms with van der Waals surface area (Å²) < 4.78 is 0. The number of carbonyl (C=O) groups is 1. The molecule has 0 aromatic rings. The number of nitrogens with one attached hydrogen (secondary N) is 2. The van der Waals surface area contributed by atoms with Crippen molar-refractivity contribution in [1.29, 1.82) is 0 Å². The molecule has 0 spiro atoms. The van der Waals surface area contributed by atoms with Crippen LogP contribution in [0, 0.1) is 5.92 Å². The van der Waals surface area contributed by atoms with E-state index < -0.39 is 0 Å². The molecule has 0 bridgehead atoms. The zero-order valence-corrected chi connectivity index (χ0v) is 12.8. The molecule has 2 heterocycles. The third-order valence-electron chi connectivity index (χ3n) is 4.63. The van der Waals surface area contributed by atoms with Gasteiger partial charge in [0.05, 0.1) is 0 Å².